The summed E-state index contributed by atoms with van der Waals surface area (Å²) in [6.07, 6.45) is 14.2. The minimum Gasteiger partial charge on any atom is -0.481 e. The van der Waals surface area contributed by atoms with Crippen LogP contribution in [0.4, 0.5) is 0 Å². The van der Waals surface area contributed by atoms with Gasteiger partial charge in [0.05, 0.1) is 6.10 Å². The predicted molar refractivity (Wildman–Crippen MR) is 90.6 cm³/mol. The van der Waals surface area contributed by atoms with E-state index in [9.17, 15) is 9.90 Å². The number of aliphatic carboxylic acids is 1. The van der Waals surface area contributed by atoms with Crippen molar-refractivity contribution in [1.82, 2.24) is 0 Å². The van der Waals surface area contributed by atoms with E-state index in [4.69, 9.17) is 5.11 Å². The molecular formula is C18H36O3. The van der Waals surface area contributed by atoms with Gasteiger partial charge in [0, 0.05) is 6.42 Å². The van der Waals surface area contributed by atoms with Gasteiger partial charge in [0.25, 0.3) is 0 Å². The van der Waals surface area contributed by atoms with Crippen LogP contribution in [0.3, 0.4) is 0 Å². The molecule has 0 aromatic rings. The molecule has 0 aliphatic rings. The van der Waals surface area contributed by atoms with Crippen LogP contribution in [0.15, 0.2) is 12.7 Å². The highest BCUT2D eigenvalue weighted by atomic mass is 16.4. The van der Waals surface area contributed by atoms with Crippen LogP contribution in [0.25, 0.3) is 0 Å². The topological polar surface area (TPSA) is 57.5 Å². The van der Waals surface area contributed by atoms with Crippen molar-refractivity contribution in [3.63, 3.8) is 0 Å². The Hall–Kier alpha value is -0.830. The van der Waals surface area contributed by atoms with Crippen LogP contribution < -0.4 is 0 Å². The Morgan fingerprint density at radius 2 is 1.52 bits per heavy atom. The number of carbonyl (C=O) groups is 1. The molecule has 3 nitrogen and oxygen atoms in total. The zero-order valence-electron chi connectivity index (χ0n) is 14.1. The fourth-order valence-electron chi connectivity index (χ4n) is 2.00. The molecule has 0 spiro atoms. The molecule has 126 valence electrons. The van der Waals surface area contributed by atoms with Crippen LogP contribution >= 0.6 is 0 Å². The highest BCUT2D eigenvalue weighted by Crippen LogP contribution is 2.07. The van der Waals surface area contributed by atoms with Crippen molar-refractivity contribution in [2.45, 2.75) is 97.0 Å². The first-order valence-electron chi connectivity index (χ1n) is 8.59. The van der Waals surface area contributed by atoms with Gasteiger partial charge >= 0.3 is 5.97 Å². The Morgan fingerprint density at radius 1 is 1.00 bits per heavy atom. The molecular weight excluding hydrogens is 264 g/mol. The van der Waals surface area contributed by atoms with E-state index in [1.54, 1.807) is 6.08 Å². The Kier molecular flexibility index (Phi) is 20.5. The molecule has 21 heavy (non-hydrogen) atoms. The van der Waals surface area contributed by atoms with Crippen LogP contribution in [0.2, 0.25) is 0 Å². The van der Waals surface area contributed by atoms with E-state index < -0.39 is 5.97 Å². The first-order valence-corrected chi connectivity index (χ1v) is 8.59. The smallest absolute Gasteiger partial charge is 0.303 e. The van der Waals surface area contributed by atoms with Crippen molar-refractivity contribution in [1.29, 1.82) is 0 Å². The molecule has 0 unspecified atom stereocenters. The van der Waals surface area contributed by atoms with E-state index in [2.05, 4.69) is 20.4 Å². The summed E-state index contributed by atoms with van der Waals surface area (Å²) in [4.78, 5) is 10.0. The number of carboxylic acid groups (broad SMARTS) is 1. The number of hydrogen-bond donors (Lipinski definition) is 2. The second-order valence-electron chi connectivity index (χ2n) is 5.59. The second kappa shape index (κ2) is 19.2. The van der Waals surface area contributed by atoms with E-state index in [1.807, 2.05) is 0 Å². The Morgan fingerprint density at radius 3 is 2.00 bits per heavy atom. The highest BCUT2D eigenvalue weighted by Gasteiger charge is 1.99. The standard InChI is InChI=1S/C10H20O.C8H16O2/c1-3-5-6-7-9-10(11)8-4-2;1-2-3-4-5-6-7-8(9)10/h4,10-11H,2-3,5-9H2,1H3;2-7H2,1H3,(H,9,10)/t10-;/m0./s1. The molecule has 0 rings (SSSR count). The van der Waals surface area contributed by atoms with Gasteiger partial charge < -0.3 is 10.2 Å². The lowest BCUT2D eigenvalue weighted by atomic mass is 10.1. The molecule has 0 bridgehead atoms. The number of carboxylic acids is 1. The first kappa shape index (κ1) is 22.5. The van der Waals surface area contributed by atoms with Gasteiger partial charge in [-0.25, -0.2) is 0 Å². The molecule has 2 N–H and O–H groups in total. The van der Waals surface area contributed by atoms with E-state index in [1.165, 1.54) is 38.5 Å². The van der Waals surface area contributed by atoms with Crippen molar-refractivity contribution >= 4 is 5.97 Å². The lowest BCUT2D eigenvalue weighted by molar-refractivity contribution is -0.137. The molecule has 0 fully saturated rings. The Bertz CT molecular complexity index is 227. The monoisotopic (exact) mass is 300 g/mol. The van der Waals surface area contributed by atoms with Gasteiger partial charge in [-0.3, -0.25) is 4.79 Å². The van der Waals surface area contributed by atoms with Crippen LogP contribution in [-0.2, 0) is 4.79 Å². The third kappa shape index (κ3) is 24.6. The SMILES string of the molecule is C=CC[C@H](O)CCCCCC.CCCCCCCC(=O)O. The summed E-state index contributed by atoms with van der Waals surface area (Å²) in [7, 11) is 0. The summed E-state index contributed by atoms with van der Waals surface area (Å²) >= 11 is 0. The van der Waals surface area contributed by atoms with Gasteiger partial charge in [0.1, 0.15) is 0 Å². The summed E-state index contributed by atoms with van der Waals surface area (Å²) in [6, 6.07) is 0. The van der Waals surface area contributed by atoms with Gasteiger partial charge in [0.2, 0.25) is 0 Å². The third-order valence-corrected chi connectivity index (χ3v) is 3.32. The van der Waals surface area contributed by atoms with E-state index in [-0.39, 0.29) is 6.10 Å². The highest BCUT2D eigenvalue weighted by molar-refractivity contribution is 5.66. The minimum absolute atomic E-state index is 0.149. The van der Waals surface area contributed by atoms with Crippen molar-refractivity contribution in [2.75, 3.05) is 0 Å². The third-order valence-electron chi connectivity index (χ3n) is 3.32. The zero-order chi connectivity index (χ0) is 16.3. The molecule has 0 aliphatic carbocycles. The minimum atomic E-state index is -0.670. The first-order chi connectivity index (χ1) is 10.1. The van der Waals surface area contributed by atoms with E-state index >= 15 is 0 Å². The summed E-state index contributed by atoms with van der Waals surface area (Å²) in [6.45, 7) is 7.93. The van der Waals surface area contributed by atoms with Crippen molar-refractivity contribution in [3.05, 3.63) is 12.7 Å². The Labute approximate surface area is 131 Å². The predicted octanol–water partition coefficient (Wildman–Crippen LogP) is 5.33. The van der Waals surface area contributed by atoms with E-state index in [0.717, 1.165) is 32.1 Å². The molecule has 0 heterocycles. The van der Waals surface area contributed by atoms with Crippen molar-refractivity contribution < 1.29 is 15.0 Å². The number of aliphatic hydroxyl groups is 1. The van der Waals surface area contributed by atoms with Crippen LogP contribution in [-0.4, -0.2) is 22.3 Å². The quantitative estimate of drug-likeness (QED) is 0.357. The van der Waals surface area contributed by atoms with Gasteiger partial charge in [-0.1, -0.05) is 71.3 Å². The average Bonchev–Trinajstić information content (AvgIpc) is 2.44. The van der Waals surface area contributed by atoms with Gasteiger partial charge in [-0.2, -0.15) is 0 Å². The maximum Gasteiger partial charge on any atom is 0.303 e. The van der Waals surface area contributed by atoms with Crippen molar-refractivity contribution in [2.24, 2.45) is 0 Å². The van der Waals surface area contributed by atoms with Crippen molar-refractivity contribution in [3.8, 4) is 0 Å². The fraction of sp³-hybridized carbons (Fsp3) is 0.833. The fourth-order valence-corrected chi connectivity index (χ4v) is 2.00. The number of hydrogen-bond acceptors (Lipinski definition) is 2. The molecule has 0 aromatic heterocycles. The van der Waals surface area contributed by atoms with E-state index in [0.29, 0.717) is 6.42 Å². The Balaban J connectivity index is 0. The lowest BCUT2D eigenvalue weighted by Gasteiger charge is -2.06. The molecule has 0 amide bonds. The molecule has 0 aliphatic heterocycles. The van der Waals surface area contributed by atoms with Crippen LogP contribution in [0.1, 0.15) is 90.9 Å². The van der Waals surface area contributed by atoms with Crippen LogP contribution in [0.5, 0.6) is 0 Å². The number of rotatable bonds is 13. The molecule has 0 aromatic carbocycles. The summed E-state index contributed by atoms with van der Waals surface area (Å²) < 4.78 is 0. The summed E-state index contributed by atoms with van der Waals surface area (Å²) in [5.74, 6) is -0.670. The average molecular weight is 300 g/mol. The van der Waals surface area contributed by atoms with Gasteiger partial charge in [-0.15, -0.1) is 6.58 Å². The van der Waals surface area contributed by atoms with Crippen LogP contribution in [0, 0.1) is 0 Å². The number of aliphatic hydroxyl groups excluding tert-OH is 1. The molecule has 3 heteroatoms. The zero-order valence-corrected chi connectivity index (χ0v) is 14.1. The maximum atomic E-state index is 10.0. The second-order valence-corrected chi connectivity index (χ2v) is 5.59. The van der Waals surface area contributed by atoms with Gasteiger partial charge in [-0.05, 0) is 19.3 Å². The molecule has 0 radical (unpaired) electrons. The van der Waals surface area contributed by atoms with Gasteiger partial charge in [0.15, 0.2) is 0 Å². The normalized spacial score (nSPS) is 11.4. The number of unbranched alkanes of at least 4 members (excludes halogenated alkanes) is 7. The molecule has 0 saturated carbocycles. The summed E-state index contributed by atoms with van der Waals surface area (Å²) in [5, 5.41) is 17.5. The molecule has 0 saturated heterocycles. The molecule has 1 atom stereocenters. The summed E-state index contributed by atoms with van der Waals surface area (Å²) in [5.41, 5.74) is 0. The maximum absolute atomic E-state index is 10.0. The largest absolute Gasteiger partial charge is 0.481 e. The lowest BCUT2D eigenvalue weighted by Crippen LogP contribution is -2.03.